The number of anilines is 1. The highest BCUT2D eigenvalue weighted by atomic mass is 16.3. The number of aromatic hydroxyl groups is 1. The summed E-state index contributed by atoms with van der Waals surface area (Å²) in [5, 5.41) is 14.8. The molecular weight excluding hydrogens is 348 g/mol. The van der Waals surface area contributed by atoms with Gasteiger partial charge in [0.25, 0.3) is 5.56 Å². The molecule has 27 heavy (non-hydrogen) atoms. The van der Waals surface area contributed by atoms with Crippen LogP contribution >= 0.6 is 0 Å². The number of phenolic OH excluding ortho intramolecular Hbond substituents is 1. The molecule has 1 aromatic heterocycles. The summed E-state index contributed by atoms with van der Waals surface area (Å²) in [5.41, 5.74) is 0.511. The minimum Gasteiger partial charge on any atom is -0.508 e. The molecule has 0 bridgehead atoms. The van der Waals surface area contributed by atoms with Crippen molar-refractivity contribution in [3.63, 3.8) is 0 Å². The predicted octanol–water partition coefficient (Wildman–Crippen LogP) is 1.51. The lowest BCUT2D eigenvalue weighted by molar-refractivity contribution is 0.248. The lowest BCUT2D eigenvalue weighted by Gasteiger charge is -2.28. The minimum absolute atomic E-state index is 0.0715. The molecule has 0 aliphatic carbocycles. The van der Waals surface area contributed by atoms with E-state index in [0.717, 1.165) is 5.56 Å². The highest BCUT2D eigenvalue weighted by Crippen LogP contribution is 2.29. The van der Waals surface area contributed by atoms with Crippen molar-refractivity contribution in [2.45, 2.75) is 12.6 Å². The Morgan fingerprint density at radius 1 is 0.963 bits per heavy atom. The summed E-state index contributed by atoms with van der Waals surface area (Å²) in [6, 6.07) is 14.1. The number of aromatic amines is 1. The molecule has 8 heteroatoms. The summed E-state index contributed by atoms with van der Waals surface area (Å²) in [4.78, 5) is 39.5. The van der Waals surface area contributed by atoms with Gasteiger partial charge in [0.05, 0.1) is 18.2 Å². The second kappa shape index (κ2) is 6.49. The molecule has 1 aliphatic heterocycles. The Morgan fingerprint density at radius 2 is 1.67 bits per heavy atom. The number of nitrogens with zero attached hydrogens (tertiary/aromatic N) is 1. The Hall–Kier alpha value is -3.81. The second-order valence-electron chi connectivity index (χ2n) is 6.22. The monoisotopic (exact) mass is 364 g/mol. The Morgan fingerprint density at radius 3 is 2.37 bits per heavy atom. The fraction of sp³-hybridized carbons (Fsp3) is 0.105. The van der Waals surface area contributed by atoms with Gasteiger partial charge in [0.2, 0.25) is 0 Å². The summed E-state index contributed by atoms with van der Waals surface area (Å²) in [7, 11) is 0. The standard InChI is InChI=1S/C19H16N4O4/c24-13-8-6-12(7-9-13)15-14-16(21-18(26)20-15)23(19(27)22-17(14)25)10-11-4-2-1-3-5-11/h1-9,15,24H,10H2,(H2,20,21,26)(H,22,25,27). The third-order valence-corrected chi connectivity index (χ3v) is 4.44. The smallest absolute Gasteiger partial charge is 0.330 e. The van der Waals surface area contributed by atoms with Crippen molar-refractivity contribution in [1.29, 1.82) is 0 Å². The van der Waals surface area contributed by atoms with Crippen LogP contribution in [0, 0.1) is 0 Å². The quantitative estimate of drug-likeness (QED) is 0.564. The predicted molar refractivity (Wildman–Crippen MR) is 99.0 cm³/mol. The van der Waals surface area contributed by atoms with Crippen LogP contribution in [0.25, 0.3) is 0 Å². The summed E-state index contributed by atoms with van der Waals surface area (Å²) >= 11 is 0. The number of carbonyl (C=O) groups is 1. The molecule has 0 saturated heterocycles. The molecule has 2 heterocycles. The van der Waals surface area contributed by atoms with Gasteiger partial charge in [0.1, 0.15) is 11.6 Å². The number of aromatic nitrogens is 2. The van der Waals surface area contributed by atoms with Crippen LogP contribution < -0.4 is 21.9 Å². The van der Waals surface area contributed by atoms with Crippen molar-refractivity contribution < 1.29 is 9.90 Å². The fourth-order valence-corrected chi connectivity index (χ4v) is 3.17. The van der Waals surface area contributed by atoms with Crippen LogP contribution in [-0.2, 0) is 6.54 Å². The van der Waals surface area contributed by atoms with Crippen LogP contribution in [0.3, 0.4) is 0 Å². The molecule has 2 aromatic carbocycles. The molecule has 4 N–H and O–H groups in total. The maximum Gasteiger partial charge on any atom is 0.330 e. The molecule has 1 unspecified atom stereocenters. The van der Waals surface area contributed by atoms with Gasteiger partial charge < -0.3 is 10.4 Å². The molecule has 3 aromatic rings. The maximum atomic E-state index is 12.5. The maximum absolute atomic E-state index is 12.5. The number of carbonyl (C=O) groups excluding carboxylic acids is 1. The normalized spacial score (nSPS) is 15.6. The second-order valence-corrected chi connectivity index (χ2v) is 6.22. The van der Waals surface area contributed by atoms with Gasteiger partial charge >= 0.3 is 11.7 Å². The van der Waals surface area contributed by atoms with Gasteiger partial charge in [-0.05, 0) is 23.3 Å². The zero-order chi connectivity index (χ0) is 19.0. The minimum atomic E-state index is -0.749. The Labute approximate surface area is 153 Å². The van der Waals surface area contributed by atoms with Crippen LogP contribution in [0.2, 0.25) is 0 Å². The number of rotatable bonds is 3. The molecule has 2 amide bonds. The molecule has 1 aliphatic rings. The van der Waals surface area contributed by atoms with Gasteiger partial charge in [0, 0.05) is 0 Å². The van der Waals surface area contributed by atoms with Crippen LogP contribution in [0.5, 0.6) is 5.75 Å². The van der Waals surface area contributed by atoms with E-state index in [1.54, 1.807) is 12.1 Å². The number of hydrogen-bond acceptors (Lipinski definition) is 4. The molecule has 0 fully saturated rings. The Kier molecular flexibility index (Phi) is 4.00. The van der Waals surface area contributed by atoms with E-state index in [-0.39, 0.29) is 23.7 Å². The van der Waals surface area contributed by atoms with Gasteiger partial charge in [-0.25, -0.2) is 9.59 Å². The largest absolute Gasteiger partial charge is 0.508 e. The van der Waals surface area contributed by atoms with Gasteiger partial charge in [-0.15, -0.1) is 0 Å². The first kappa shape index (κ1) is 16.6. The van der Waals surface area contributed by atoms with Gasteiger partial charge in [-0.2, -0.15) is 0 Å². The molecule has 4 rings (SSSR count). The van der Waals surface area contributed by atoms with Gasteiger partial charge in [-0.1, -0.05) is 42.5 Å². The number of amides is 2. The number of phenols is 1. The molecule has 1 atom stereocenters. The van der Waals surface area contributed by atoms with Crippen LogP contribution in [-0.4, -0.2) is 20.7 Å². The number of H-pyrrole nitrogens is 1. The van der Waals surface area contributed by atoms with Gasteiger partial charge in [-0.3, -0.25) is 19.7 Å². The summed E-state index contributed by atoms with van der Waals surface area (Å²) in [6.45, 7) is 0.196. The third kappa shape index (κ3) is 3.08. The first-order valence-corrected chi connectivity index (χ1v) is 8.30. The van der Waals surface area contributed by atoms with Gasteiger partial charge in [0.15, 0.2) is 0 Å². The van der Waals surface area contributed by atoms with Crippen LogP contribution in [0.1, 0.15) is 22.7 Å². The molecule has 0 radical (unpaired) electrons. The molecule has 0 spiro atoms. The van der Waals surface area contributed by atoms with Crippen LogP contribution in [0.4, 0.5) is 10.6 Å². The van der Waals surface area contributed by atoms with E-state index >= 15 is 0 Å². The Balaban J connectivity index is 1.88. The van der Waals surface area contributed by atoms with Crippen molar-refractivity contribution >= 4 is 11.8 Å². The molecule has 0 saturated carbocycles. The average molecular weight is 364 g/mol. The number of hydrogen-bond donors (Lipinski definition) is 4. The molecule has 136 valence electrons. The fourth-order valence-electron chi connectivity index (χ4n) is 3.17. The number of fused-ring (bicyclic) bond motifs is 1. The summed E-state index contributed by atoms with van der Waals surface area (Å²) in [5.74, 6) is 0.233. The first-order chi connectivity index (χ1) is 13.0. The first-order valence-electron chi connectivity index (χ1n) is 8.30. The van der Waals surface area contributed by atoms with Crippen molar-refractivity contribution in [2.24, 2.45) is 0 Å². The SMILES string of the molecule is O=C1Nc2c(c(=O)[nH]c(=O)n2Cc2ccccc2)C(c2ccc(O)cc2)N1. The van der Waals surface area contributed by atoms with E-state index in [1.807, 2.05) is 30.3 Å². The summed E-state index contributed by atoms with van der Waals surface area (Å²) < 4.78 is 1.33. The Bertz CT molecular complexity index is 1120. The third-order valence-electron chi connectivity index (χ3n) is 4.44. The summed E-state index contributed by atoms with van der Waals surface area (Å²) in [6.07, 6.45) is 0. The van der Waals surface area contributed by atoms with E-state index in [9.17, 15) is 19.5 Å². The van der Waals surface area contributed by atoms with E-state index in [1.165, 1.54) is 16.7 Å². The van der Waals surface area contributed by atoms with Crippen molar-refractivity contribution in [2.75, 3.05) is 5.32 Å². The highest BCUT2D eigenvalue weighted by molar-refractivity contribution is 5.92. The van der Waals surface area contributed by atoms with Crippen molar-refractivity contribution in [1.82, 2.24) is 14.9 Å². The number of benzene rings is 2. The molecular formula is C19H16N4O4. The molecule has 8 nitrogen and oxygen atoms in total. The average Bonchev–Trinajstić information content (AvgIpc) is 2.65. The van der Waals surface area contributed by atoms with E-state index in [2.05, 4.69) is 15.6 Å². The number of nitrogens with one attached hydrogen (secondary N) is 3. The topological polar surface area (TPSA) is 116 Å². The van der Waals surface area contributed by atoms with E-state index < -0.39 is 23.3 Å². The van der Waals surface area contributed by atoms with Crippen molar-refractivity contribution in [3.8, 4) is 5.75 Å². The van der Waals surface area contributed by atoms with E-state index in [0.29, 0.717) is 5.56 Å². The van der Waals surface area contributed by atoms with Crippen LogP contribution in [0.15, 0.2) is 64.2 Å². The lowest BCUT2D eigenvalue weighted by atomic mass is 9.98. The highest BCUT2D eigenvalue weighted by Gasteiger charge is 2.31. The zero-order valence-electron chi connectivity index (χ0n) is 14.1. The lowest BCUT2D eigenvalue weighted by Crippen LogP contribution is -2.46. The van der Waals surface area contributed by atoms with E-state index in [4.69, 9.17) is 0 Å². The van der Waals surface area contributed by atoms with Crippen molar-refractivity contribution in [3.05, 3.63) is 92.1 Å². The zero-order valence-corrected chi connectivity index (χ0v) is 14.1. The number of urea groups is 1.